The van der Waals surface area contributed by atoms with Gasteiger partial charge >= 0.3 is 0 Å². The van der Waals surface area contributed by atoms with Gasteiger partial charge in [-0.1, -0.05) is 6.07 Å². The first-order valence-corrected chi connectivity index (χ1v) is 15.6. The number of hydrogen-bond donors (Lipinski definition) is 7. The number of hydrogen-bond acceptors (Lipinski definition) is 12. The fourth-order valence-electron chi connectivity index (χ4n) is 5.63. The second kappa shape index (κ2) is 17.1. The molecule has 2 aliphatic rings. The second-order valence-corrected chi connectivity index (χ2v) is 12.0. The van der Waals surface area contributed by atoms with E-state index in [1.54, 1.807) is 29.4 Å². The van der Waals surface area contributed by atoms with Crippen LogP contribution in [0.5, 0.6) is 5.75 Å². The highest BCUT2D eigenvalue weighted by atomic mass is 19.1. The minimum atomic E-state index is -1.68. The predicted molar refractivity (Wildman–Crippen MR) is 162 cm³/mol. The third kappa shape index (κ3) is 10.0. The first kappa shape index (κ1) is 34.9. The van der Waals surface area contributed by atoms with Crippen LogP contribution in [0.15, 0.2) is 30.6 Å². The van der Waals surface area contributed by atoms with Gasteiger partial charge in [-0.3, -0.25) is 4.79 Å². The Balaban J connectivity index is 1.08. The van der Waals surface area contributed by atoms with Crippen molar-refractivity contribution in [1.29, 1.82) is 0 Å². The van der Waals surface area contributed by atoms with E-state index in [1.807, 2.05) is 0 Å². The van der Waals surface area contributed by atoms with Crippen LogP contribution in [0.25, 0.3) is 0 Å². The van der Waals surface area contributed by atoms with Crippen LogP contribution in [-0.2, 0) is 17.8 Å². The molecule has 1 aromatic carbocycles. The molecule has 0 radical (unpaired) electrons. The lowest BCUT2D eigenvalue weighted by Crippen LogP contribution is -2.55. The summed E-state index contributed by atoms with van der Waals surface area (Å²) in [5.41, 5.74) is 0.997. The van der Waals surface area contributed by atoms with Crippen molar-refractivity contribution in [1.82, 2.24) is 20.2 Å². The summed E-state index contributed by atoms with van der Waals surface area (Å²) in [6.07, 6.45) is 0.974. The largest absolute Gasteiger partial charge is 0.493 e. The van der Waals surface area contributed by atoms with E-state index < -0.39 is 36.8 Å². The molecule has 7 N–H and O–H groups in total. The summed E-state index contributed by atoms with van der Waals surface area (Å²) in [6.45, 7) is 2.80. The number of rotatable bonds is 17. The van der Waals surface area contributed by atoms with Gasteiger partial charge in [-0.2, -0.15) is 0 Å². The van der Waals surface area contributed by atoms with Gasteiger partial charge in [0, 0.05) is 69.2 Å². The van der Waals surface area contributed by atoms with Gasteiger partial charge in [0.05, 0.1) is 32.3 Å². The Kier molecular flexibility index (Phi) is 13.2. The molecule has 3 heterocycles. The molecule has 1 amide bonds. The summed E-state index contributed by atoms with van der Waals surface area (Å²) >= 11 is 0. The van der Waals surface area contributed by atoms with Crippen molar-refractivity contribution >= 4 is 11.9 Å². The minimum Gasteiger partial charge on any atom is -0.493 e. The molecule has 2 aliphatic heterocycles. The highest BCUT2D eigenvalue weighted by Crippen LogP contribution is 2.25. The van der Waals surface area contributed by atoms with E-state index in [2.05, 4.69) is 20.2 Å². The first-order chi connectivity index (χ1) is 21.7. The number of carbonyl (C=O) groups excluding carboxylic acids is 1. The molecular weight excluding hydrogens is 589 g/mol. The molecule has 0 aliphatic carbocycles. The average molecular weight is 636 g/mol. The first-order valence-electron chi connectivity index (χ1n) is 15.6. The van der Waals surface area contributed by atoms with Crippen LogP contribution < -0.4 is 15.0 Å². The molecule has 2 saturated heterocycles. The normalized spacial score (nSPS) is 18.7. The Hall–Kier alpha value is -2.98. The van der Waals surface area contributed by atoms with Crippen LogP contribution >= 0.6 is 0 Å². The van der Waals surface area contributed by atoms with Crippen molar-refractivity contribution < 1.29 is 44.6 Å². The predicted octanol–water partition coefficient (Wildman–Crippen LogP) is -0.790. The Bertz CT molecular complexity index is 1200. The highest BCUT2D eigenvalue weighted by molar-refractivity contribution is 5.79. The van der Waals surface area contributed by atoms with E-state index in [0.29, 0.717) is 55.0 Å². The van der Waals surface area contributed by atoms with E-state index in [4.69, 9.17) is 14.9 Å². The van der Waals surface area contributed by atoms with Gasteiger partial charge in [0.1, 0.15) is 29.9 Å². The number of benzene rings is 1. The smallest absolute Gasteiger partial charge is 0.227 e. The van der Waals surface area contributed by atoms with E-state index >= 15 is 0 Å². The maximum atomic E-state index is 14.7. The number of piperidine rings is 1. The zero-order chi connectivity index (χ0) is 32.3. The Morgan fingerprint density at radius 2 is 1.71 bits per heavy atom. The number of carbonyl (C=O) groups is 1. The van der Waals surface area contributed by atoms with Crippen molar-refractivity contribution in [2.45, 2.75) is 63.1 Å². The van der Waals surface area contributed by atoms with Gasteiger partial charge < -0.3 is 50.5 Å². The van der Waals surface area contributed by atoms with Gasteiger partial charge in [-0.15, -0.1) is 0 Å². The zero-order valence-corrected chi connectivity index (χ0v) is 25.4. The third-order valence-electron chi connectivity index (χ3n) is 8.59. The number of ether oxygens (including phenoxy) is 1. The summed E-state index contributed by atoms with van der Waals surface area (Å²) in [7, 11) is 0. The molecule has 0 bridgehead atoms. The molecule has 4 unspecified atom stereocenters. The second-order valence-electron chi connectivity index (χ2n) is 12.0. The maximum absolute atomic E-state index is 14.7. The molecule has 250 valence electrons. The van der Waals surface area contributed by atoms with Crippen molar-refractivity contribution in [3.63, 3.8) is 0 Å². The number of aliphatic hydroxyl groups is 6. The number of aliphatic hydroxyl groups excluding tert-OH is 6. The van der Waals surface area contributed by atoms with Crippen molar-refractivity contribution in [2.24, 2.45) is 11.8 Å². The Morgan fingerprint density at radius 3 is 2.36 bits per heavy atom. The number of likely N-dealkylation sites (tertiary alicyclic amines) is 1. The van der Waals surface area contributed by atoms with E-state index in [-0.39, 0.29) is 31.4 Å². The summed E-state index contributed by atoms with van der Waals surface area (Å²) < 4.78 is 20.5. The summed E-state index contributed by atoms with van der Waals surface area (Å²) in [6, 6.07) is 4.59. The average Bonchev–Trinajstić information content (AvgIpc) is 3.04. The Labute approximate surface area is 262 Å². The lowest BCUT2D eigenvalue weighted by atomic mass is 9.92. The molecular formula is C31H46FN5O8. The molecule has 2 aromatic rings. The van der Waals surface area contributed by atoms with Crippen LogP contribution in [0.1, 0.15) is 36.8 Å². The van der Waals surface area contributed by atoms with Crippen LogP contribution in [-0.4, -0.2) is 128 Å². The lowest BCUT2D eigenvalue weighted by Gasteiger charge is -2.39. The van der Waals surface area contributed by atoms with E-state index in [9.17, 15) is 29.6 Å². The standard InChI is InChI=1S/C31H46FN5O8/c32-25-11-24(45-9-1-2-20-5-7-36(8-6-20)31-34-13-21(18-38)14-35-31)4-3-23(25)10-28(42)37-16-22(17-37)12-33-15-26(40)29(43)30(44)27(41)19-39/h3-4,11,13-14,20,22,26-27,29-30,33,38-41,43-44H,1-2,5-10,12,15-19H2. The fraction of sp³-hybridized carbons (Fsp3) is 0.645. The van der Waals surface area contributed by atoms with Gasteiger partial charge in [0.15, 0.2) is 0 Å². The molecule has 0 saturated carbocycles. The van der Waals surface area contributed by atoms with Crippen LogP contribution in [0.4, 0.5) is 10.3 Å². The highest BCUT2D eigenvalue weighted by Gasteiger charge is 2.32. The summed E-state index contributed by atoms with van der Waals surface area (Å²) in [4.78, 5) is 25.1. The quantitative estimate of drug-likeness (QED) is 0.107. The minimum absolute atomic E-state index is 0.0434. The van der Waals surface area contributed by atoms with E-state index in [0.717, 1.165) is 38.8 Å². The van der Waals surface area contributed by atoms with Crippen molar-refractivity contribution in [3.8, 4) is 5.75 Å². The zero-order valence-electron chi connectivity index (χ0n) is 25.4. The van der Waals surface area contributed by atoms with Crippen molar-refractivity contribution in [3.05, 3.63) is 47.5 Å². The number of aromatic nitrogens is 2. The molecule has 14 heteroatoms. The molecule has 2 fully saturated rings. The summed E-state index contributed by atoms with van der Waals surface area (Å²) in [5, 5.41) is 59.8. The van der Waals surface area contributed by atoms with E-state index in [1.165, 1.54) is 6.07 Å². The lowest BCUT2D eigenvalue weighted by molar-refractivity contribution is -0.136. The van der Waals surface area contributed by atoms with Crippen molar-refractivity contribution in [2.75, 3.05) is 57.4 Å². The molecule has 45 heavy (non-hydrogen) atoms. The van der Waals surface area contributed by atoms with Gasteiger partial charge in [-0.05, 0) is 43.2 Å². The molecule has 4 atom stereocenters. The van der Waals surface area contributed by atoms with Crippen LogP contribution in [0.2, 0.25) is 0 Å². The molecule has 0 spiro atoms. The maximum Gasteiger partial charge on any atom is 0.227 e. The SMILES string of the molecule is O=C(Cc1ccc(OCCCC2CCN(c3ncc(CO)cn3)CC2)cc1F)N1CC(CNCC(O)C(O)C(O)C(O)CO)C1. The number of halogens is 1. The molecule has 1 aromatic heterocycles. The fourth-order valence-corrected chi connectivity index (χ4v) is 5.63. The van der Waals surface area contributed by atoms with Gasteiger partial charge in [0.25, 0.3) is 0 Å². The third-order valence-corrected chi connectivity index (χ3v) is 8.59. The Morgan fingerprint density at radius 1 is 1.02 bits per heavy atom. The number of amides is 1. The van der Waals surface area contributed by atoms with Gasteiger partial charge in [-0.25, -0.2) is 14.4 Å². The summed E-state index contributed by atoms with van der Waals surface area (Å²) in [5.74, 6) is 1.16. The number of anilines is 1. The topological polar surface area (TPSA) is 192 Å². The monoisotopic (exact) mass is 635 g/mol. The molecule has 4 rings (SSSR count). The van der Waals surface area contributed by atoms with Gasteiger partial charge in [0.2, 0.25) is 11.9 Å². The molecule has 13 nitrogen and oxygen atoms in total. The number of nitrogens with one attached hydrogen (secondary N) is 1. The van der Waals surface area contributed by atoms with Crippen LogP contribution in [0, 0.1) is 17.7 Å². The number of nitrogens with zero attached hydrogens (tertiary/aromatic N) is 4. The van der Waals surface area contributed by atoms with Crippen LogP contribution in [0.3, 0.4) is 0 Å².